The smallest absolute Gasteiger partial charge is 0.329 e. The Morgan fingerprint density at radius 2 is 1.91 bits per heavy atom. The summed E-state index contributed by atoms with van der Waals surface area (Å²) in [7, 11) is 0. The van der Waals surface area contributed by atoms with Gasteiger partial charge in [0.2, 0.25) is 5.91 Å². The van der Waals surface area contributed by atoms with Gasteiger partial charge in [0.05, 0.1) is 23.5 Å². The number of hydrogen-bond donors (Lipinski definition) is 3. The number of rotatable bonds is 3. The lowest BCUT2D eigenvalue weighted by Crippen LogP contribution is -2.55. The highest BCUT2D eigenvalue weighted by Gasteiger charge is 2.38. The fourth-order valence-corrected chi connectivity index (χ4v) is 4.58. The minimum atomic E-state index is -1.12. The summed E-state index contributed by atoms with van der Waals surface area (Å²) >= 11 is 6.00. The Morgan fingerprint density at radius 3 is 2.69 bits per heavy atom. The van der Waals surface area contributed by atoms with E-state index in [1.165, 1.54) is 6.07 Å². The molecule has 2 amide bonds. The van der Waals surface area contributed by atoms with Gasteiger partial charge in [-0.1, -0.05) is 23.7 Å². The fraction of sp³-hybridized carbons (Fsp3) is 0.273. The number of carbonyl (C=O) groups is 2. The van der Waals surface area contributed by atoms with Crippen LogP contribution < -0.4 is 16.6 Å². The second-order valence-corrected chi connectivity index (χ2v) is 8.49. The van der Waals surface area contributed by atoms with E-state index in [1.54, 1.807) is 35.2 Å². The normalized spacial score (nSPS) is 20.5. The Hall–Kier alpha value is -3.43. The van der Waals surface area contributed by atoms with Gasteiger partial charge in [0.1, 0.15) is 6.23 Å². The van der Waals surface area contributed by atoms with Gasteiger partial charge in [-0.3, -0.25) is 19.0 Å². The average molecular weight is 455 g/mol. The Bertz CT molecular complexity index is 1400. The van der Waals surface area contributed by atoms with Gasteiger partial charge in [-0.25, -0.2) is 4.79 Å². The molecule has 0 spiro atoms. The van der Waals surface area contributed by atoms with Crippen LogP contribution in [0.2, 0.25) is 5.02 Å². The van der Waals surface area contributed by atoms with Crippen LogP contribution in [0.3, 0.4) is 0 Å². The van der Waals surface area contributed by atoms with E-state index in [4.69, 9.17) is 11.6 Å². The number of aromatic nitrogens is 2. The van der Waals surface area contributed by atoms with Gasteiger partial charge < -0.3 is 20.3 Å². The lowest BCUT2D eigenvalue weighted by molar-refractivity contribution is -0.129. The topological polar surface area (TPSA) is 125 Å². The van der Waals surface area contributed by atoms with Gasteiger partial charge in [-0.15, -0.1) is 0 Å². The summed E-state index contributed by atoms with van der Waals surface area (Å²) in [6, 6.07) is 9.34. The molecule has 1 fully saturated rings. The van der Waals surface area contributed by atoms with E-state index in [-0.39, 0.29) is 31.3 Å². The Kier molecular flexibility index (Phi) is 4.87. The van der Waals surface area contributed by atoms with Crippen molar-refractivity contribution in [2.75, 3.05) is 0 Å². The van der Waals surface area contributed by atoms with Crippen molar-refractivity contribution in [2.24, 2.45) is 0 Å². The quantitative estimate of drug-likeness (QED) is 0.543. The Morgan fingerprint density at radius 1 is 1.09 bits per heavy atom. The van der Waals surface area contributed by atoms with Crippen molar-refractivity contribution in [3.63, 3.8) is 0 Å². The number of piperidine rings is 1. The zero-order valence-electron chi connectivity index (χ0n) is 16.8. The minimum absolute atomic E-state index is 0.0280. The summed E-state index contributed by atoms with van der Waals surface area (Å²) in [5.41, 5.74) is 1.35. The monoisotopic (exact) mass is 454 g/mol. The van der Waals surface area contributed by atoms with E-state index in [1.807, 2.05) is 0 Å². The summed E-state index contributed by atoms with van der Waals surface area (Å²) < 4.78 is 1.09. The van der Waals surface area contributed by atoms with Crippen LogP contribution in [-0.4, -0.2) is 43.6 Å². The van der Waals surface area contributed by atoms with Crippen molar-refractivity contribution in [3.8, 4) is 0 Å². The SMILES string of the molecule is O=C1CCC(N2Cc3cc(Cn4c(=O)[nH]c5ccc(Cl)cc5c4=O)ccc3C2=O)C(O)N1. The summed E-state index contributed by atoms with van der Waals surface area (Å²) in [6.07, 6.45) is -0.495. The summed E-state index contributed by atoms with van der Waals surface area (Å²) in [5, 5.41) is 13.4. The van der Waals surface area contributed by atoms with E-state index < -0.39 is 23.5 Å². The first-order valence-corrected chi connectivity index (χ1v) is 10.5. The molecule has 2 atom stereocenters. The van der Waals surface area contributed by atoms with Crippen molar-refractivity contribution in [1.82, 2.24) is 19.8 Å². The number of aliphatic hydroxyl groups excluding tert-OH is 1. The first-order valence-electron chi connectivity index (χ1n) is 10.1. The van der Waals surface area contributed by atoms with Gasteiger partial charge in [0.25, 0.3) is 11.5 Å². The van der Waals surface area contributed by atoms with E-state index in [0.29, 0.717) is 33.5 Å². The largest absolute Gasteiger partial charge is 0.372 e. The predicted octanol–water partition coefficient (Wildman–Crippen LogP) is 0.944. The Balaban J connectivity index is 1.45. The van der Waals surface area contributed by atoms with E-state index in [0.717, 1.165) is 10.1 Å². The number of H-pyrrole nitrogens is 1. The molecule has 0 saturated carbocycles. The minimum Gasteiger partial charge on any atom is -0.372 e. The van der Waals surface area contributed by atoms with Crippen molar-refractivity contribution in [2.45, 2.75) is 38.2 Å². The molecule has 2 aliphatic heterocycles. The molecular formula is C22H19ClN4O5. The molecule has 164 valence electrons. The lowest BCUT2D eigenvalue weighted by Gasteiger charge is -2.35. The molecule has 10 heteroatoms. The lowest BCUT2D eigenvalue weighted by atomic mass is 10.0. The van der Waals surface area contributed by atoms with E-state index in [2.05, 4.69) is 10.3 Å². The van der Waals surface area contributed by atoms with Crippen LogP contribution in [0, 0.1) is 0 Å². The third-order valence-electron chi connectivity index (χ3n) is 6.03. The molecule has 1 saturated heterocycles. The number of benzene rings is 2. The van der Waals surface area contributed by atoms with Crippen LogP contribution in [0.5, 0.6) is 0 Å². The summed E-state index contributed by atoms with van der Waals surface area (Å²) in [4.78, 5) is 53.9. The van der Waals surface area contributed by atoms with Gasteiger partial charge in [0, 0.05) is 23.6 Å². The van der Waals surface area contributed by atoms with Crippen LogP contribution in [0.4, 0.5) is 0 Å². The van der Waals surface area contributed by atoms with Crippen LogP contribution in [0.25, 0.3) is 10.9 Å². The molecule has 9 nitrogen and oxygen atoms in total. The van der Waals surface area contributed by atoms with E-state index in [9.17, 15) is 24.3 Å². The molecule has 2 unspecified atom stereocenters. The highest BCUT2D eigenvalue weighted by atomic mass is 35.5. The molecule has 1 aromatic heterocycles. The van der Waals surface area contributed by atoms with Gasteiger partial charge in [-0.2, -0.15) is 0 Å². The number of carbonyl (C=O) groups excluding carboxylic acids is 2. The molecular weight excluding hydrogens is 436 g/mol. The maximum absolute atomic E-state index is 12.9. The molecule has 0 aliphatic carbocycles. The molecule has 2 aliphatic rings. The third-order valence-corrected chi connectivity index (χ3v) is 6.26. The third kappa shape index (κ3) is 3.39. The molecule has 2 aromatic carbocycles. The van der Waals surface area contributed by atoms with Gasteiger partial charge in [-0.05, 0) is 41.8 Å². The maximum Gasteiger partial charge on any atom is 0.329 e. The number of nitrogens with zero attached hydrogens (tertiary/aromatic N) is 2. The molecule has 0 bridgehead atoms. The highest BCUT2D eigenvalue weighted by molar-refractivity contribution is 6.31. The second kappa shape index (κ2) is 7.61. The average Bonchev–Trinajstić information content (AvgIpc) is 3.07. The molecule has 3 N–H and O–H groups in total. The molecule has 5 rings (SSSR count). The fourth-order valence-electron chi connectivity index (χ4n) is 4.41. The van der Waals surface area contributed by atoms with Gasteiger partial charge in [0.15, 0.2) is 0 Å². The number of nitrogens with one attached hydrogen (secondary N) is 2. The number of aliphatic hydroxyl groups is 1. The summed E-state index contributed by atoms with van der Waals surface area (Å²) in [6.45, 7) is 0.304. The van der Waals surface area contributed by atoms with Crippen LogP contribution >= 0.6 is 11.6 Å². The molecule has 3 aromatic rings. The van der Waals surface area contributed by atoms with Crippen molar-refractivity contribution < 1.29 is 14.7 Å². The number of halogens is 1. The maximum atomic E-state index is 12.9. The first kappa shape index (κ1) is 20.5. The van der Waals surface area contributed by atoms with Crippen molar-refractivity contribution in [3.05, 3.63) is 78.9 Å². The second-order valence-electron chi connectivity index (χ2n) is 8.05. The highest BCUT2D eigenvalue weighted by Crippen LogP contribution is 2.29. The predicted molar refractivity (Wildman–Crippen MR) is 116 cm³/mol. The van der Waals surface area contributed by atoms with Gasteiger partial charge >= 0.3 is 5.69 Å². The number of aromatic amines is 1. The van der Waals surface area contributed by atoms with Crippen molar-refractivity contribution in [1.29, 1.82) is 0 Å². The Labute approximate surface area is 186 Å². The van der Waals surface area contributed by atoms with Crippen LogP contribution in [0.1, 0.15) is 34.3 Å². The molecule has 32 heavy (non-hydrogen) atoms. The first-order chi connectivity index (χ1) is 15.3. The molecule has 0 radical (unpaired) electrons. The zero-order chi connectivity index (χ0) is 22.6. The standard InChI is InChI=1S/C22H19ClN4O5/c23-13-2-4-16-15(8-13)21(31)27(22(32)24-16)9-11-1-3-14-12(7-11)10-26(20(14)30)17-5-6-18(28)25-19(17)29/h1-4,7-8,17,19,29H,5-6,9-10H2,(H,24,32)(H,25,28). The van der Waals surface area contributed by atoms with Crippen LogP contribution in [-0.2, 0) is 17.9 Å². The molecule has 3 heterocycles. The van der Waals surface area contributed by atoms with Crippen LogP contribution in [0.15, 0.2) is 46.0 Å². The number of amides is 2. The zero-order valence-corrected chi connectivity index (χ0v) is 17.6. The number of hydrogen-bond acceptors (Lipinski definition) is 5. The van der Waals surface area contributed by atoms with E-state index >= 15 is 0 Å². The summed E-state index contributed by atoms with van der Waals surface area (Å²) in [5.74, 6) is -0.463. The number of fused-ring (bicyclic) bond motifs is 2. The van der Waals surface area contributed by atoms with Crippen molar-refractivity contribution >= 4 is 34.3 Å².